The second kappa shape index (κ2) is 12.7. The molecule has 0 radical (unpaired) electrons. The number of carbonyl (C=O) groups is 2. The van der Waals surface area contributed by atoms with E-state index in [1.165, 1.54) is 10.8 Å². The van der Waals surface area contributed by atoms with E-state index in [9.17, 15) is 9.59 Å². The summed E-state index contributed by atoms with van der Waals surface area (Å²) < 4.78 is 2.01. The van der Waals surface area contributed by atoms with Crippen molar-refractivity contribution in [3.05, 3.63) is 83.6 Å². The number of hydrogen-bond donors (Lipinski definition) is 5. The van der Waals surface area contributed by atoms with Gasteiger partial charge in [0.15, 0.2) is 11.7 Å². The highest BCUT2D eigenvalue weighted by molar-refractivity contribution is 5.99. The van der Waals surface area contributed by atoms with Gasteiger partial charge in [0.25, 0.3) is 5.91 Å². The number of Topliss-reactive ketones (excluding diaryl/α,β-unsaturated/α-hetero) is 1. The van der Waals surface area contributed by atoms with Gasteiger partial charge in [-0.05, 0) is 59.4 Å². The van der Waals surface area contributed by atoms with Gasteiger partial charge in [0, 0.05) is 36.8 Å². The molecule has 0 bridgehead atoms. The molecule has 9 heteroatoms. The molecule has 0 saturated heterocycles. The molecule has 0 saturated carbocycles. The number of unbranched alkanes of at least 4 members (excludes halogenated alkanes) is 1. The Hall–Kier alpha value is -4.66. The van der Waals surface area contributed by atoms with Crippen molar-refractivity contribution in [3.63, 3.8) is 0 Å². The third-order valence-corrected chi connectivity index (χ3v) is 6.63. The maximum Gasteiger partial charge on any atom is 0.267 e. The molecule has 0 fully saturated rings. The third-order valence-electron chi connectivity index (χ3n) is 6.63. The van der Waals surface area contributed by atoms with Crippen LogP contribution in [0.4, 0.5) is 0 Å². The number of rotatable bonds is 13. The molecule has 0 spiro atoms. The minimum Gasteiger partial charge on any atom is -0.388 e. The van der Waals surface area contributed by atoms with Crippen LogP contribution in [0.3, 0.4) is 0 Å². The van der Waals surface area contributed by atoms with Crippen molar-refractivity contribution in [1.29, 1.82) is 5.41 Å². The van der Waals surface area contributed by atoms with E-state index in [0.717, 1.165) is 41.3 Å². The van der Waals surface area contributed by atoms with Crippen molar-refractivity contribution in [1.82, 2.24) is 9.88 Å². The molecule has 1 amide bonds. The molecule has 0 unspecified atom stereocenters. The number of aryl methyl sites for hydroxylation is 1. The lowest BCUT2D eigenvalue weighted by Crippen LogP contribution is -2.28. The number of fused-ring (bicyclic) bond motifs is 2. The Balaban J connectivity index is 1.49. The van der Waals surface area contributed by atoms with Crippen LogP contribution in [0.1, 0.15) is 40.9 Å². The van der Waals surface area contributed by atoms with Gasteiger partial charge in [0.1, 0.15) is 12.2 Å². The van der Waals surface area contributed by atoms with Crippen LogP contribution in [0.25, 0.3) is 21.7 Å². The first-order valence-electron chi connectivity index (χ1n) is 13.1. The van der Waals surface area contributed by atoms with E-state index in [1.54, 1.807) is 0 Å². The van der Waals surface area contributed by atoms with Crippen LogP contribution in [0.2, 0.25) is 0 Å². The monoisotopic (exact) mass is 525 g/mol. The molecular formula is C30H35N7O2. The molecule has 202 valence electrons. The lowest BCUT2D eigenvalue weighted by molar-refractivity contribution is -0.117. The Morgan fingerprint density at radius 3 is 2.38 bits per heavy atom. The van der Waals surface area contributed by atoms with Crippen molar-refractivity contribution < 1.29 is 9.59 Å². The zero-order chi connectivity index (χ0) is 27.8. The molecule has 1 heterocycles. The molecule has 4 rings (SSSR count). The van der Waals surface area contributed by atoms with E-state index in [4.69, 9.17) is 22.6 Å². The molecule has 39 heavy (non-hydrogen) atoms. The van der Waals surface area contributed by atoms with Gasteiger partial charge in [-0.1, -0.05) is 48.5 Å². The van der Waals surface area contributed by atoms with E-state index < -0.39 is 0 Å². The van der Waals surface area contributed by atoms with Gasteiger partial charge < -0.3 is 27.1 Å². The number of ketones is 1. The summed E-state index contributed by atoms with van der Waals surface area (Å²) in [6, 6.07) is 22.2. The Kier molecular flexibility index (Phi) is 8.94. The summed E-state index contributed by atoms with van der Waals surface area (Å²) in [4.78, 5) is 29.4. The normalized spacial score (nSPS) is 11.0. The highest BCUT2D eigenvalue weighted by Gasteiger charge is 2.16. The van der Waals surface area contributed by atoms with E-state index in [2.05, 4.69) is 40.6 Å². The van der Waals surface area contributed by atoms with Crippen molar-refractivity contribution >= 4 is 45.2 Å². The zero-order valence-electron chi connectivity index (χ0n) is 22.0. The van der Waals surface area contributed by atoms with Gasteiger partial charge in [-0.2, -0.15) is 0 Å². The van der Waals surface area contributed by atoms with Crippen LogP contribution in [0.15, 0.2) is 71.7 Å². The zero-order valence-corrected chi connectivity index (χ0v) is 22.0. The summed E-state index contributed by atoms with van der Waals surface area (Å²) in [7, 11) is 0. The maximum atomic E-state index is 13.3. The summed E-state index contributed by atoms with van der Waals surface area (Å²) in [5.74, 6) is -0.201. The predicted molar refractivity (Wildman–Crippen MR) is 157 cm³/mol. The topological polar surface area (TPSA) is 165 Å². The lowest BCUT2D eigenvalue weighted by atomic mass is 10.1. The number of nitrogens with one attached hydrogen (secondary N) is 2. The first kappa shape index (κ1) is 27.4. The lowest BCUT2D eigenvalue weighted by Gasteiger charge is -2.12. The Morgan fingerprint density at radius 2 is 1.62 bits per heavy atom. The van der Waals surface area contributed by atoms with Crippen LogP contribution in [-0.4, -0.2) is 41.1 Å². The SMILES string of the molecule is N=C(N)CCCCn1c(C(=O)NCCc2ccc3ccccc3c2)cc2cc(CC(=O)CN=C(N)N)ccc21. The number of amidine groups is 1. The molecule has 4 aromatic rings. The minimum atomic E-state index is -0.149. The van der Waals surface area contributed by atoms with Gasteiger partial charge in [-0.3, -0.25) is 15.0 Å². The number of nitrogens with two attached hydrogens (primary N) is 3. The molecule has 9 nitrogen and oxygen atoms in total. The molecule has 1 aromatic heterocycles. The molecule has 3 aromatic carbocycles. The number of hydrogen-bond acceptors (Lipinski definition) is 4. The number of aliphatic imine (C=N–C) groups is 1. The second-order valence-corrected chi connectivity index (χ2v) is 9.70. The highest BCUT2D eigenvalue weighted by Crippen LogP contribution is 2.23. The molecule has 0 atom stereocenters. The summed E-state index contributed by atoms with van der Waals surface area (Å²) >= 11 is 0. The van der Waals surface area contributed by atoms with Crippen molar-refractivity contribution in [2.75, 3.05) is 13.1 Å². The largest absolute Gasteiger partial charge is 0.388 e. The second-order valence-electron chi connectivity index (χ2n) is 9.70. The minimum absolute atomic E-state index is 0.0671. The molecular weight excluding hydrogens is 490 g/mol. The summed E-state index contributed by atoms with van der Waals surface area (Å²) in [5, 5.41) is 13.8. The first-order chi connectivity index (χ1) is 18.8. The Bertz CT molecular complexity index is 1530. The van der Waals surface area contributed by atoms with Crippen molar-refractivity contribution in [2.24, 2.45) is 22.2 Å². The smallest absolute Gasteiger partial charge is 0.267 e. The average molecular weight is 526 g/mol. The standard InChI is InChI=1S/C30H35N7O2/c31-28(32)7-3-4-14-37-26-11-9-21(17-25(38)19-36-30(33)34)16-24(26)18-27(37)29(39)35-13-12-20-8-10-22-5-1-2-6-23(22)15-20/h1-2,5-6,8-11,15-16,18H,3-4,7,12-14,17,19H2,(H3,31,32)(H,35,39)(H4,33,34,36). The highest BCUT2D eigenvalue weighted by atomic mass is 16.2. The van der Waals surface area contributed by atoms with E-state index in [1.807, 2.05) is 41.0 Å². The van der Waals surface area contributed by atoms with Crippen LogP contribution in [-0.2, 0) is 24.2 Å². The molecule has 0 aliphatic heterocycles. The van der Waals surface area contributed by atoms with E-state index in [0.29, 0.717) is 25.2 Å². The Morgan fingerprint density at radius 1 is 0.872 bits per heavy atom. The fourth-order valence-corrected chi connectivity index (χ4v) is 4.71. The van der Waals surface area contributed by atoms with Crippen LogP contribution < -0.4 is 22.5 Å². The van der Waals surface area contributed by atoms with E-state index >= 15 is 0 Å². The van der Waals surface area contributed by atoms with E-state index in [-0.39, 0.29) is 36.5 Å². The van der Waals surface area contributed by atoms with Crippen LogP contribution >= 0.6 is 0 Å². The molecule has 0 aliphatic carbocycles. The van der Waals surface area contributed by atoms with Crippen molar-refractivity contribution in [3.8, 4) is 0 Å². The number of guanidine groups is 1. The quantitative estimate of drug-likeness (QED) is 0.102. The van der Waals surface area contributed by atoms with Gasteiger partial charge in [0.05, 0.1) is 5.84 Å². The fraction of sp³-hybridized carbons (Fsp3) is 0.267. The van der Waals surface area contributed by atoms with Gasteiger partial charge in [-0.15, -0.1) is 0 Å². The number of benzene rings is 3. The van der Waals surface area contributed by atoms with Gasteiger partial charge in [0.2, 0.25) is 0 Å². The number of aromatic nitrogens is 1. The third kappa shape index (κ3) is 7.44. The van der Waals surface area contributed by atoms with Crippen LogP contribution in [0, 0.1) is 5.41 Å². The summed E-state index contributed by atoms with van der Waals surface area (Å²) in [5.41, 5.74) is 19.6. The summed E-state index contributed by atoms with van der Waals surface area (Å²) in [6.45, 7) is 1.06. The fourth-order valence-electron chi connectivity index (χ4n) is 4.71. The maximum absolute atomic E-state index is 13.3. The molecule has 8 N–H and O–H groups in total. The van der Waals surface area contributed by atoms with Gasteiger partial charge in [-0.25, -0.2) is 4.99 Å². The van der Waals surface area contributed by atoms with Crippen molar-refractivity contribution in [2.45, 2.75) is 38.6 Å². The first-order valence-corrected chi connectivity index (χ1v) is 13.1. The average Bonchev–Trinajstić information content (AvgIpc) is 3.27. The predicted octanol–water partition coefficient (Wildman–Crippen LogP) is 3.26. The number of amides is 1. The molecule has 0 aliphatic rings. The Labute approximate surface area is 227 Å². The number of carbonyl (C=O) groups excluding carboxylic acids is 2. The van der Waals surface area contributed by atoms with Crippen LogP contribution in [0.5, 0.6) is 0 Å². The van der Waals surface area contributed by atoms with Gasteiger partial charge >= 0.3 is 0 Å². The number of nitrogens with zero attached hydrogens (tertiary/aromatic N) is 2. The summed E-state index contributed by atoms with van der Waals surface area (Å²) in [6.07, 6.45) is 2.98.